The Morgan fingerprint density at radius 2 is 1.02 bits per heavy atom. The fourth-order valence-electron chi connectivity index (χ4n) is 5.95. The Balaban J connectivity index is 1.23. The van der Waals surface area contributed by atoms with Crippen LogP contribution in [0.15, 0.2) is 144 Å². The summed E-state index contributed by atoms with van der Waals surface area (Å²) in [7, 11) is -3.28. The molecule has 0 aliphatic carbocycles. The molecular weight excluding hydrogens is 533 g/mol. The highest BCUT2D eigenvalue weighted by atomic mass is 31.2. The maximum Gasteiger partial charge on any atom is 0.330 e. The third-order valence-electron chi connectivity index (χ3n) is 8.19. The first-order chi connectivity index (χ1) is 20.7. The van der Waals surface area contributed by atoms with Gasteiger partial charge in [-0.1, -0.05) is 140 Å². The van der Waals surface area contributed by atoms with Crippen molar-refractivity contribution in [2.45, 2.75) is 13.1 Å². The third kappa shape index (κ3) is 5.21. The Bertz CT molecular complexity index is 1830. The van der Waals surface area contributed by atoms with Gasteiger partial charge >= 0.3 is 7.59 Å². The van der Waals surface area contributed by atoms with E-state index in [0.29, 0.717) is 26.2 Å². The van der Waals surface area contributed by atoms with Crippen LogP contribution in [0, 0.1) is 0 Å². The Morgan fingerprint density at radius 3 is 1.60 bits per heavy atom. The molecule has 42 heavy (non-hydrogen) atoms. The van der Waals surface area contributed by atoms with Gasteiger partial charge in [-0.15, -0.1) is 0 Å². The maximum absolute atomic E-state index is 15.1. The zero-order valence-corrected chi connectivity index (χ0v) is 24.3. The number of hydrogen-bond donors (Lipinski definition) is 0. The van der Waals surface area contributed by atoms with Gasteiger partial charge in [0.1, 0.15) is 0 Å². The van der Waals surface area contributed by atoms with Gasteiger partial charge in [0.25, 0.3) is 0 Å². The largest absolute Gasteiger partial charge is 0.330 e. The molecule has 0 bridgehead atoms. The van der Waals surface area contributed by atoms with Crippen molar-refractivity contribution in [3.63, 3.8) is 0 Å². The van der Waals surface area contributed by atoms with E-state index in [2.05, 4.69) is 131 Å². The van der Waals surface area contributed by atoms with E-state index in [0.717, 1.165) is 11.1 Å². The molecule has 0 unspecified atom stereocenters. The van der Waals surface area contributed by atoms with Crippen LogP contribution in [0.1, 0.15) is 16.7 Å². The first kappa shape index (κ1) is 26.6. The maximum atomic E-state index is 15.1. The molecule has 0 spiro atoms. The van der Waals surface area contributed by atoms with Crippen molar-refractivity contribution >= 4 is 35.4 Å². The van der Waals surface area contributed by atoms with Gasteiger partial charge in [0, 0.05) is 32.4 Å². The summed E-state index contributed by atoms with van der Waals surface area (Å²) in [6, 6.07) is 48.2. The molecule has 6 aromatic rings. The molecule has 5 heteroatoms. The standard InChI is InChI=1S/C37H32N3OP/c41-42(38-26-29-20-22-31(23-21-29)30-10-2-1-3-11-30)39(27-34-16-8-14-32-12-4-6-18-36(32)34)24-25-40(42)28-35-17-9-15-33-13-5-7-19-37(33)35/h1-23,26H,24-25,27-28H2/b38-26+. The second-order valence-corrected chi connectivity index (χ2v) is 13.2. The van der Waals surface area contributed by atoms with Crippen LogP contribution in [-0.2, 0) is 17.7 Å². The molecule has 0 saturated carbocycles. The summed E-state index contributed by atoms with van der Waals surface area (Å²) in [6.07, 6.45) is 1.80. The van der Waals surface area contributed by atoms with E-state index in [1.54, 1.807) is 6.21 Å². The van der Waals surface area contributed by atoms with Crippen molar-refractivity contribution in [2.75, 3.05) is 13.1 Å². The van der Waals surface area contributed by atoms with Crippen molar-refractivity contribution in [2.24, 2.45) is 4.76 Å². The minimum absolute atomic E-state index is 0.578. The van der Waals surface area contributed by atoms with Gasteiger partial charge in [-0.25, -0.2) is 14.1 Å². The lowest BCUT2D eigenvalue weighted by atomic mass is 10.0. The number of benzene rings is 6. The number of rotatable bonds is 7. The fourth-order valence-corrected chi connectivity index (χ4v) is 8.25. The molecule has 0 atom stereocenters. The lowest BCUT2D eigenvalue weighted by Gasteiger charge is -2.27. The van der Waals surface area contributed by atoms with E-state index >= 15 is 4.57 Å². The van der Waals surface area contributed by atoms with Gasteiger partial charge in [0.05, 0.1) is 0 Å². The normalized spacial score (nSPS) is 15.6. The zero-order valence-electron chi connectivity index (χ0n) is 23.4. The molecule has 1 aliphatic heterocycles. The van der Waals surface area contributed by atoms with Crippen LogP contribution in [-0.4, -0.2) is 28.6 Å². The van der Waals surface area contributed by atoms with E-state index in [1.165, 1.54) is 38.2 Å². The average molecular weight is 566 g/mol. The van der Waals surface area contributed by atoms with Crippen LogP contribution in [0.4, 0.5) is 0 Å². The highest BCUT2D eigenvalue weighted by Crippen LogP contribution is 2.59. The van der Waals surface area contributed by atoms with E-state index in [-0.39, 0.29) is 0 Å². The zero-order chi connectivity index (χ0) is 28.4. The summed E-state index contributed by atoms with van der Waals surface area (Å²) in [4.78, 5) is 0. The molecule has 0 radical (unpaired) electrons. The van der Waals surface area contributed by atoms with Gasteiger partial charge in [0.15, 0.2) is 0 Å². The van der Waals surface area contributed by atoms with E-state index in [9.17, 15) is 0 Å². The van der Waals surface area contributed by atoms with Crippen LogP contribution in [0.25, 0.3) is 32.7 Å². The van der Waals surface area contributed by atoms with Gasteiger partial charge in [0.2, 0.25) is 0 Å². The molecule has 0 amide bonds. The molecule has 0 N–H and O–H groups in total. The topological polar surface area (TPSA) is 35.9 Å². The first-order valence-electron chi connectivity index (χ1n) is 14.4. The monoisotopic (exact) mass is 565 g/mol. The quantitative estimate of drug-likeness (QED) is 0.143. The first-order valence-corrected chi connectivity index (χ1v) is 16.0. The molecule has 1 fully saturated rings. The molecule has 1 saturated heterocycles. The van der Waals surface area contributed by atoms with Crippen LogP contribution < -0.4 is 0 Å². The number of nitrogens with zero attached hydrogens (tertiary/aromatic N) is 3. The molecule has 7 rings (SSSR count). The van der Waals surface area contributed by atoms with Crippen LogP contribution in [0.5, 0.6) is 0 Å². The number of fused-ring (bicyclic) bond motifs is 2. The summed E-state index contributed by atoms with van der Waals surface area (Å²) in [5, 5.41) is 4.77. The molecule has 4 nitrogen and oxygen atoms in total. The summed E-state index contributed by atoms with van der Waals surface area (Å²) in [6.45, 7) is 2.54. The van der Waals surface area contributed by atoms with Gasteiger partial charge in [-0.3, -0.25) is 4.57 Å². The van der Waals surface area contributed by atoms with Crippen molar-refractivity contribution in [1.29, 1.82) is 0 Å². The lowest BCUT2D eigenvalue weighted by molar-refractivity contribution is 0.436. The third-order valence-corrected chi connectivity index (χ3v) is 10.8. The smallest absolute Gasteiger partial charge is 0.262 e. The van der Waals surface area contributed by atoms with Crippen molar-refractivity contribution in [3.8, 4) is 11.1 Å². The van der Waals surface area contributed by atoms with E-state index in [4.69, 9.17) is 4.76 Å². The van der Waals surface area contributed by atoms with Gasteiger partial charge < -0.3 is 0 Å². The summed E-state index contributed by atoms with van der Waals surface area (Å²) in [5.41, 5.74) is 5.60. The van der Waals surface area contributed by atoms with Crippen LogP contribution in [0.2, 0.25) is 0 Å². The van der Waals surface area contributed by atoms with Crippen molar-refractivity contribution < 1.29 is 4.57 Å². The van der Waals surface area contributed by atoms with E-state index < -0.39 is 7.59 Å². The summed E-state index contributed by atoms with van der Waals surface area (Å²) < 4.78 is 24.2. The molecule has 6 aromatic carbocycles. The minimum atomic E-state index is -3.28. The predicted octanol–water partition coefficient (Wildman–Crippen LogP) is 9.21. The van der Waals surface area contributed by atoms with Crippen LogP contribution in [0.3, 0.4) is 0 Å². The molecule has 0 aromatic heterocycles. The van der Waals surface area contributed by atoms with E-state index in [1.807, 2.05) is 18.2 Å². The molecule has 206 valence electrons. The summed E-state index contributed by atoms with van der Waals surface area (Å²) >= 11 is 0. The fraction of sp³-hybridized carbons (Fsp3) is 0.108. The minimum Gasteiger partial charge on any atom is -0.262 e. The second kappa shape index (κ2) is 11.5. The number of hydrogen-bond acceptors (Lipinski definition) is 1. The van der Waals surface area contributed by atoms with Gasteiger partial charge in [-0.2, -0.15) is 0 Å². The highest BCUT2D eigenvalue weighted by Gasteiger charge is 2.42. The predicted molar refractivity (Wildman–Crippen MR) is 176 cm³/mol. The Labute approximate surface area is 247 Å². The molecule has 1 aliphatic rings. The Hall–Kier alpha value is -4.34. The average Bonchev–Trinajstić information content (AvgIpc) is 3.35. The van der Waals surface area contributed by atoms with Crippen LogP contribution >= 0.6 is 7.59 Å². The highest BCUT2D eigenvalue weighted by molar-refractivity contribution is 7.58. The Kier molecular flexibility index (Phi) is 7.27. The molecule has 1 heterocycles. The molecular formula is C37H32N3OP. The lowest BCUT2D eigenvalue weighted by Crippen LogP contribution is -2.18. The van der Waals surface area contributed by atoms with Gasteiger partial charge in [-0.05, 0) is 49.4 Å². The SMILES string of the molecule is O=P1(/N=C/c2ccc(-c3ccccc3)cc2)N(Cc2cccc3ccccc23)CCN1Cc1cccc2ccccc12. The second-order valence-electron chi connectivity index (χ2n) is 10.8. The summed E-state index contributed by atoms with van der Waals surface area (Å²) in [5.74, 6) is 0. The Morgan fingerprint density at radius 1 is 0.548 bits per heavy atom. The van der Waals surface area contributed by atoms with Crippen molar-refractivity contribution in [1.82, 2.24) is 9.34 Å². The van der Waals surface area contributed by atoms with Crippen molar-refractivity contribution in [3.05, 3.63) is 156 Å².